The van der Waals surface area contributed by atoms with E-state index in [9.17, 15) is 4.79 Å². The highest BCUT2D eigenvalue weighted by Gasteiger charge is 2.17. The van der Waals surface area contributed by atoms with Gasteiger partial charge in [-0.1, -0.05) is 24.8 Å². The van der Waals surface area contributed by atoms with E-state index in [0.29, 0.717) is 12.1 Å². The molecule has 0 unspecified atom stereocenters. The van der Waals surface area contributed by atoms with Gasteiger partial charge < -0.3 is 5.32 Å². The van der Waals surface area contributed by atoms with Crippen molar-refractivity contribution in [2.75, 3.05) is 5.32 Å². The number of rotatable bonds is 2. The van der Waals surface area contributed by atoms with Crippen molar-refractivity contribution in [3.05, 3.63) is 70.8 Å². The van der Waals surface area contributed by atoms with Crippen LogP contribution in [-0.4, -0.2) is 15.2 Å². The van der Waals surface area contributed by atoms with E-state index in [1.165, 1.54) is 0 Å². The van der Waals surface area contributed by atoms with Gasteiger partial charge in [0.2, 0.25) is 0 Å². The number of nitrogens with one attached hydrogen (secondary N) is 1. The molecular weight excluding hydrogens is 276 g/mol. The smallest absolute Gasteiger partial charge is 0.295 e. The second kappa shape index (κ2) is 5.52. The SMILES string of the molecule is C=C1C=CN=C(Nc2c(C)n(C)n(-c3ccccc3)c2=O)C1. The third-order valence-corrected chi connectivity index (χ3v) is 3.76. The predicted octanol–water partition coefficient (Wildman–Crippen LogP) is 2.77. The molecule has 1 aliphatic heterocycles. The highest BCUT2D eigenvalue weighted by molar-refractivity contribution is 5.98. The van der Waals surface area contributed by atoms with Crippen molar-refractivity contribution < 1.29 is 0 Å². The van der Waals surface area contributed by atoms with E-state index < -0.39 is 0 Å². The Labute approximate surface area is 128 Å². The van der Waals surface area contributed by atoms with E-state index in [1.807, 2.05) is 55.1 Å². The van der Waals surface area contributed by atoms with Gasteiger partial charge in [0.15, 0.2) is 0 Å². The fraction of sp³-hybridized carbons (Fsp3) is 0.176. The molecule has 0 aliphatic carbocycles. The number of hydrogen-bond donors (Lipinski definition) is 1. The van der Waals surface area contributed by atoms with Gasteiger partial charge in [0.25, 0.3) is 5.56 Å². The minimum absolute atomic E-state index is 0.0888. The Kier molecular flexibility index (Phi) is 3.55. The Morgan fingerprint density at radius 1 is 1.27 bits per heavy atom. The van der Waals surface area contributed by atoms with Crippen LogP contribution in [0.15, 0.2) is 64.5 Å². The predicted molar refractivity (Wildman–Crippen MR) is 89.7 cm³/mol. The lowest BCUT2D eigenvalue weighted by Gasteiger charge is -2.11. The van der Waals surface area contributed by atoms with E-state index >= 15 is 0 Å². The van der Waals surface area contributed by atoms with Crippen LogP contribution in [0, 0.1) is 6.92 Å². The summed E-state index contributed by atoms with van der Waals surface area (Å²) in [4.78, 5) is 17.0. The first-order chi connectivity index (χ1) is 10.6. The Morgan fingerprint density at radius 3 is 2.68 bits per heavy atom. The van der Waals surface area contributed by atoms with E-state index in [-0.39, 0.29) is 5.56 Å². The van der Waals surface area contributed by atoms with Gasteiger partial charge in [0.1, 0.15) is 11.5 Å². The molecule has 0 spiro atoms. The van der Waals surface area contributed by atoms with Gasteiger partial charge in [0, 0.05) is 19.7 Å². The minimum atomic E-state index is -0.0888. The molecule has 0 fully saturated rings. The summed E-state index contributed by atoms with van der Waals surface area (Å²) in [5, 5.41) is 3.16. The molecule has 2 heterocycles. The Morgan fingerprint density at radius 2 is 2.00 bits per heavy atom. The number of para-hydroxylation sites is 1. The molecule has 2 aromatic rings. The Hall–Kier alpha value is -2.82. The van der Waals surface area contributed by atoms with Crippen LogP contribution in [0.1, 0.15) is 12.1 Å². The maximum Gasteiger partial charge on any atom is 0.295 e. The van der Waals surface area contributed by atoms with E-state index in [2.05, 4.69) is 16.9 Å². The molecule has 0 bridgehead atoms. The van der Waals surface area contributed by atoms with E-state index in [0.717, 1.165) is 22.8 Å². The maximum absolute atomic E-state index is 12.8. The van der Waals surface area contributed by atoms with Crippen molar-refractivity contribution in [2.24, 2.45) is 12.0 Å². The largest absolute Gasteiger partial charge is 0.337 e. The van der Waals surface area contributed by atoms with Gasteiger partial charge >= 0.3 is 0 Å². The zero-order chi connectivity index (χ0) is 15.7. The number of anilines is 1. The highest BCUT2D eigenvalue weighted by Crippen LogP contribution is 2.16. The van der Waals surface area contributed by atoms with E-state index in [4.69, 9.17) is 0 Å². The van der Waals surface area contributed by atoms with Crippen LogP contribution in [0.4, 0.5) is 5.69 Å². The van der Waals surface area contributed by atoms with Crippen molar-refractivity contribution in [3.63, 3.8) is 0 Å². The van der Waals surface area contributed by atoms with Crippen molar-refractivity contribution in [1.29, 1.82) is 0 Å². The molecule has 3 rings (SSSR count). The van der Waals surface area contributed by atoms with Crippen molar-refractivity contribution >= 4 is 11.5 Å². The van der Waals surface area contributed by atoms with Crippen LogP contribution in [0.3, 0.4) is 0 Å². The zero-order valence-electron chi connectivity index (χ0n) is 12.7. The highest BCUT2D eigenvalue weighted by atomic mass is 16.1. The molecule has 0 saturated heterocycles. The fourth-order valence-electron chi connectivity index (χ4n) is 2.49. The topological polar surface area (TPSA) is 51.3 Å². The number of amidine groups is 1. The third kappa shape index (κ3) is 2.41. The normalized spacial score (nSPS) is 14.1. The molecule has 1 aromatic heterocycles. The van der Waals surface area contributed by atoms with Crippen molar-refractivity contribution in [2.45, 2.75) is 13.3 Å². The first kappa shape index (κ1) is 14.1. The van der Waals surface area contributed by atoms with Crippen LogP contribution in [0.5, 0.6) is 0 Å². The molecule has 0 amide bonds. The number of aliphatic imine (C=N–C) groups is 1. The molecule has 0 saturated carbocycles. The molecule has 0 atom stereocenters. The third-order valence-electron chi connectivity index (χ3n) is 3.76. The van der Waals surface area contributed by atoms with Gasteiger partial charge in [-0.2, -0.15) is 0 Å². The number of benzene rings is 1. The summed E-state index contributed by atoms with van der Waals surface area (Å²) >= 11 is 0. The lowest BCUT2D eigenvalue weighted by Crippen LogP contribution is -2.23. The monoisotopic (exact) mass is 294 g/mol. The number of aromatic nitrogens is 2. The van der Waals surface area contributed by atoms with Crippen LogP contribution in [0.2, 0.25) is 0 Å². The molecule has 1 aromatic carbocycles. The van der Waals surface area contributed by atoms with Crippen LogP contribution in [0.25, 0.3) is 5.69 Å². The Bertz CT molecular complexity index is 838. The molecule has 5 heteroatoms. The lowest BCUT2D eigenvalue weighted by molar-refractivity contribution is 0.630. The fourth-order valence-corrected chi connectivity index (χ4v) is 2.49. The molecule has 1 N–H and O–H groups in total. The van der Waals surface area contributed by atoms with Gasteiger partial charge in [-0.25, -0.2) is 9.67 Å². The van der Waals surface area contributed by atoms with Gasteiger partial charge in [-0.3, -0.25) is 9.48 Å². The zero-order valence-corrected chi connectivity index (χ0v) is 12.7. The average molecular weight is 294 g/mol. The molecule has 0 radical (unpaired) electrons. The van der Waals surface area contributed by atoms with Crippen molar-refractivity contribution in [3.8, 4) is 5.69 Å². The molecule has 5 nitrogen and oxygen atoms in total. The lowest BCUT2D eigenvalue weighted by atomic mass is 10.1. The quantitative estimate of drug-likeness (QED) is 0.926. The first-order valence-corrected chi connectivity index (χ1v) is 7.10. The second-order valence-corrected chi connectivity index (χ2v) is 5.29. The average Bonchev–Trinajstić information content (AvgIpc) is 2.72. The Balaban J connectivity index is 2.04. The van der Waals surface area contributed by atoms with Gasteiger partial charge in [0.05, 0.1) is 11.4 Å². The maximum atomic E-state index is 12.8. The summed E-state index contributed by atoms with van der Waals surface area (Å²) in [7, 11) is 1.87. The van der Waals surface area contributed by atoms with Crippen molar-refractivity contribution in [1.82, 2.24) is 9.36 Å². The number of nitrogens with zero attached hydrogens (tertiary/aromatic N) is 3. The number of allylic oxidation sites excluding steroid dienone is 1. The van der Waals surface area contributed by atoms with Gasteiger partial charge in [-0.15, -0.1) is 0 Å². The molecule has 112 valence electrons. The second-order valence-electron chi connectivity index (χ2n) is 5.29. The van der Waals surface area contributed by atoms with E-state index in [1.54, 1.807) is 10.9 Å². The standard InChI is InChI=1S/C17H18N4O/c1-12-9-10-18-15(11-12)19-16-13(2)20(3)21(17(16)22)14-7-5-4-6-8-14/h4-10H,1,11H2,2-3H3,(H,18,19). The van der Waals surface area contributed by atoms with Crippen LogP contribution in [-0.2, 0) is 7.05 Å². The summed E-state index contributed by atoms with van der Waals surface area (Å²) in [5.41, 5.74) is 3.12. The minimum Gasteiger partial charge on any atom is -0.337 e. The molecule has 22 heavy (non-hydrogen) atoms. The summed E-state index contributed by atoms with van der Waals surface area (Å²) in [5.74, 6) is 0.735. The summed E-state index contributed by atoms with van der Waals surface area (Å²) in [6.45, 7) is 5.84. The number of hydrogen-bond acceptors (Lipinski definition) is 3. The van der Waals surface area contributed by atoms with Crippen LogP contribution >= 0.6 is 0 Å². The summed E-state index contributed by atoms with van der Waals surface area (Å²) < 4.78 is 3.49. The molecular formula is C17H18N4O. The van der Waals surface area contributed by atoms with Crippen LogP contribution < -0.4 is 10.9 Å². The first-order valence-electron chi connectivity index (χ1n) is 7.10. The summed E-state index contributed by atoms with van der Waals surface area (Å²) in [6.07, 6.45) is 4.18. The summed E-state index contributed by atoms with van der Waals surface area (Å²) in [6, 6.07) is 9.58. The van der Waals surface area contributed by atoms with Gasteiger partial charge in [-0.05, 0) is 30.7 Å². The molecule has 1 aliphatic rings.